The summed E-state index contributed by atoms with van der Waals surface area (Å²) in [6, 6.07) is 11.0. The van der Waals surface area contributed by atoms with E-state index in [0.29, 0.717) is 0 Å². The first-order chi connectivity index (χ1) is 7.24. The lowest BCUT2D eigenvalue weighted by Gasteiger charge is -1.93. The van der Waals surface area contributed by atoms with Crippen LogP contribution in [-0.2, 0) is 0 Å². The van der Waals surface area contributed by atoms with Crippen LogP contribution in [0, 0.1) is 12.7 Å². The van der Waals surface area contributed by atoms with Gasteiger partial charge in [-0.25, -0.2) is 4.39 Å². The maximum atomic E-state index is 13.0. The van der Waals surface area contributed by atoms with Gasteiger partial charge in [0, 0.05) is 21.8 Å². The molecule has 0 saturated carbocycles. The van der Waals surface area contributed by atoms with Gasteiger partial charge >= 0.3 is 0 Å². The molecule has 0 aliphatic heterocycles. The lowest BCUT2D eigenvalue weighted by atomic mass is 10.1. The van der Waals surface area contributed by atoms with Crippen molar-refractivity contribution in [2.45, 2.75) is 6.92 Å². The number of aromatic nitrogens is 1. The van der Waals surface area contributed by atoms with E-state index < -0.39 is 0 Å². The molecule has 0 aliphatic carbocycles. The molecule has 0 unspecified atom stereocenters. The zero-order valence-electron chi connectivity index (χ0n) is 8.34. The molecule has 1 N–H and O–H groups in total. The molecule has 74 valence electrons. The van der Waals surface area contributed by atoms with Crippen LogP contribution < -0.4 is 0 Å². The van der Waals surface area contributed by atoms with Crippen LogP contribution in [0.4, 0.5) is 4.39 Å². The molecule has 0 spiro atoms. The Hall–Kier alpha value is -1.83. The Morgan fingerprint density at radius 2 is 1.80 bits per heavy atom. The Bertz CT molecular complexity index is 652. The summed E-state index contributed by atoms with van der Waals surface area (Å²) in [5.74, 6) is -0.203. The summed E-state index contributed by atoms with van der Waals surface area (Å²) in [4.78, 5) is 3.21. The second-order valence-corrected chi connectivity index (χ2v) is 3.86. The molecule has 1 nitrogen and oxygen atoms in total. The van der Waals surface area contributed by atoms with E-state index in [1.165, 1.54) is 17.7 Å². The second-order valence-electron chi connectivity index (χ2n) is 3.86. The number of rotatable bonds is 0. The zero-order valence-corrected chi connectivity index (χ0v) is 8.34. The van der Waals surface area contributed by atoms with Gasteiger partial charge in [-0.3, -0.25) is 0 Å². The standard InChI is InChI=1S/C13H10FN/c1-8-2-5-12-11(6-8)10-4-3-9(14)7-13(10)15-12/h2-7,15H,1H3. The van der Waals surface area contributed by atoms with Crippen molar-refractivity contribution in [3.63, 3.8) is 0 Å². The predicted octanol–water partition coefficient (Wildman–Crippen LogP) is 3.77. The van der Waals surface area contributed by atoms with E-state index in [-0.39, 0.29) is 5.82 Å². The van der Waals surface area contributed by atoms with Crippen molar-refractivity contribution in [1.29, 1.82) is 0 Å². The number of H-pyrrole nitrogens is 1. The van der Waals surface area contributed by atoms with Gasteiger partial charge in [-0.05, 0) is 37.3 Å². The Morgan fingerprint density at radius 1 is 0.933 bits per heavy atom. The second kappa shape index (κ2) is 2.83. The Balaban J connectivity index is 2.53. The van der Waals surface area contributed by atoms with Crippen LogP contribution in [0.25, 0.3) is 21.8 Å². The minimum atomic E-state index is -0.203. The highest BCUT2D eigenvalue weighted by Crippen LogP contribution is 2.26. The molecule has 2 aromatic carbocycles. The number of aromatic amines is 1. The summed E-state index contributed by atoms with van der Waals surface area (Å²) in [6.07, 6.45) is 0. The molecule has 1 aromatic heterocycles. The van der Waals surface area contributed by atoms with E-state index in [0.717, 1.165) is 21.8 Å². The lowest BCUT2D eigenvalue weighted by Crippen LogP contribution is -1.72. The normalized spacial score (nSPS) is 11.3. The fourth-order valence-electron chi connectivity index (χ4n) is 1.99. The Kier molecular flexibility index (Phi) is 1.60. The van der Waals surface area contributed by atoms with E-state index in [1.807, 2.05) is 18.2 Å². The minimum absolute atomic E-state index is 0.203. The van der Waals surface area contributed by atoms with Gasteiger partial charge in [-0.2, -0.15) is 0 Å². The van der Waals surface area contributed by atoms with Gasteiger partial charge in [0.1, 0.15) is 5.82 Å². The Morgan fingerprint density at radius 3 is 2.67 bits per heavy atom. The van der Waals surface area contributed by atoms with Crippen LogP contribution in [0.15, 0.2) is 36.4 Å². The van der Waals surface area contributed by atoms with E-state index in [9.17, 15) is 4.39 Å². The molecule has 2 heteroatoms. The number of halogens is 1. The summed E-state index contributed by atoms with van der Waals surface area (Å²) in [5, 5.41) is 2.24. The quantitative estimate of drug-likeness (QED) is 0.567. The molecule has 0 radical (unpaired) electrons. The molecule has 3 aromatic rings. The van der Waals surface area contributed by atoms with Crippen molar-refractivity contribution in [2.75, 3.05) is 0 Å². The van der Waals surface area contributed by atoms with E-state index in [1.54, 1.807) is 0 Å². The number of hydrogen-bond donors (Lipinski definition) is 1. The summed E-state index contributed by atoms with van der Waals surface area (Å²) in [6.45, 7) is 2.06. The molecule has 0 aliphatic rings. The van der Waals surface area contributed by atoms with Gasteiger partial charge in [0.05, 0.1) is 0 Å². The summed E-state index contributed by atoms with van der Waals surface area (Å²) in [7, 11) is 0. The van der Waals surface area contributed by atoms with Crippen molar-refractivity contribution < 1.29 is 4.39 Å². The highest BCUT2D eigenvalue weighted by Gasteiger charge is 2.04. The van der Waals surface area contributed by atoms with Gasteiger partial charge < -0.3 is 4.98 Å². The number of nitrogens with one attached hydrogen (secondary N) is 1. The van der Waals surface area contributed by atoms with Crippen molar-refractivity contribution in [3.05, 3.63) is 47.8 Å². The summed E-state index contributed by atoms with van der Waals surface area (Å²) in [5.41, 5.74) is 3.13. The number of aryl methyl sites for hydroxylation is 1. The molecule has 1 heterocycles. The molecule has 15 heavy (non-hydrogen) atoms. The molecular weight excluding hydrogens is 189 g/mol. The van der Waals surface area contributed by atoms with Crippen molar-refractivity contribution in [3.8, 4) is 0 Å². The maximum absolute atomic E-state index is 13.0. The smallest absolute Gasteiger partial charge is 0.125 e. The van der Waals surface area contributed by atoms with Crippen LogP contribution in [0.1, 0.15) is 5.56 Å². The number of benzene rings is 2. The SMILES string of the molecule is Cc1ccc2[nH]c3cc(F)ccc3c2c1. The molecule has 3 rings (SSSR count). The van der Waals surface area contributed by atoms with Gasteiger partial charge in [-0.15, -0.1) is 0 Å². The third-order valence-electron chi connectivity index (χ3n) is 2.72. The van der Waals surface area contributed by atoms with Crippen LogP contribution >= 0.6 is 0 Å². The minimum Gasteiger partial charge on any atom is -0.354 e. The topological polar surface area (TPSA) is 15.8 Å². The molecule has 0 fully saturated rings. The van der Waals surface area contributed by atoms with E-state index in [4.69, 9.17) is 0 Å². The van der Waals surface area contributed by atoms with Crippen LogP contribution in [-0.4, -0.2) is 4.98 Å². The fraction of sp³-hybridized carbons (Fsp3) is 0.0769. The van der Waals surface area contributed by atoms with Crippen molar-refractivity contribution >= 4 is 21.8 Å². The Labute approximate surface area is 86.5 Å². The average molecular weight is 199 g/mol. The number of hydrogen-bond acceptors (Lipinski definition) is 0. The molecule has 0 amide bonds. The van der Waals surface area contributed by atoms with Gasteiger partial charge in [0.2, 0.25) is 0 Å². The predicted molar refractivity (Wildman–Crippen MR) is 60.5 cm³/mol. The van der Waals surface area contributed by atoms with Crippen LogP contribution in [0.3, 0.4) is 0 Å². The summed E-state index contributed by atoms with van der Waals surface area (Å²) >= 11 is 0. The largest absolute Gasteiger partial charge is 0.354 e. The van der Waals surface area contributed by atoms with Crippen LogP contribution in [0.5, 0.6) is 0 Å². The third-order valence-corrected chi connectivity index (χ3v) is 2.72. The lowest BCUT2D eigenvalue weighted by molar-refractivity contribution is 0.629. The molecule has 0 atom stereocenters. The van der Waals surface area contributed by atoms with Crippen molar-refractivity contribution in [2.24, 2.45) is 0 Å². The first-order valence-corrected chi connectivity index (χ1v) is 4.92. The first-order valence-electron chi connectivity index (χ1n) is 4.92. The third kappa shape index (κ3) is 1.22. The zero-order chi connectivity index (χ0) is 10.4. The molecule has 0 saturated heterocycles. The number of fused-ring (bicyclic) bond motifs is 3. The van der Waals surface area contributed by atoms with Crippen molar-refractivity contribution in [1.82, 2.24) is 4.98 Å². The first kappa shape index (κ1) is 8.48. The van der Waals surface area contributed by atoms with E-state index >= 15 is 0 Å². The van der Waals surface area contributed by atoms with Crippen LogP contribution in [0.2, 0.25) is 0 Å². The fourth-order valence-corrected chi connectivity index (χ4v) is 1.99. The summed E-state index contributed by atoms with van der Waals surface area (Å²) < 4.78 is 13.0. The highest BCUT2D eigenvalue weighted by atomic mass is 19.1. The molecule has 0 bridgehead atoms. The maximum Gasteiger partial charge on any atom is 0.125 e. The monoisotopic (exact) mass is 199 g/mol. The van der Waals surface area contributed by atoms with Gasteiger partial charge in [0.25, 0.3) is 0 Å². The molecular formula is C13H10FN. The highest BCUT2D eigenvalue weighted by molar-refractivity contribution is 6.07. The average Bonchev–Trinajstić information content (AvgIpc) is 2.54. The van der Waals surface area contributed by atoms with Gasteiger partial charge in [0.15, 0.2) is 0 Å². The van der Waals surface area contributed by atoms with E-state index in [2.05, 4.69) is 18.0 Å². The van der Waals surface area contributed by atoms with Gasteiger partial charge in [-0.1, -0.05) is 11.6 Å².